The molecule has 4 aromatic rings. The second kappa shape index (κ2) is 20.9. The molecule has 0 radical (unpaired) electrons. The molecule has 0 saturated heterocycles. The number of halogens is 1. The van der Waals surface area contributed by atoms with Crippen LogP contribution in [-0.4, -0.2) is 106 Å². The van der Waals surface area contributed by atoms with E-state index in [0.29, 0.717) is 39.9 Å². The summed E-state index contributed by atoms with van der Waals surface area (Å²) >= 11 is 8.35. The number of nitrogens with zero attached hydrogens (tertiary/aromatic N) is 2. The van der Waals surface area contributed by atoms with Crippen LogP contribution in [0.5, 0.6) is 0 Å². The molecule has 2 aromatic heterocycles. The van der Waals surface area contributed by atoms with Crippen LogP contribution in [0.3, 0.4) is 0 Å². The van der Waals surface area contributed by atoms with Crippen molar-refractivity contribution in [3.63, 3.8) is 0 Å². The van der Waals surface area contributed by atoms with Gasteiger partial charge >= 0.3 is 0 Å². The SMILES string of the molecule is C/C=C(/c1ccc(Cl)c2c1CNC(=O)[C@H](Cc1c[nH]c3ccccc13)N(C)C(=O)[C@H](CN)NC(=O)[C@H](CCCN)NCc1cccnc1S2)[C@H](C)OCC(O)CO. The number of carbonyl (C=O) groups excluding carboxylic acids is 3. The first-order valence-electron chi connectivity index (χ1n) is 19.0. The lowest BCUT2D eigenvalue weighted by atomic mass is 9.95. The Morgan fingerprint density at radius 3 is 2.63 bits per heavy atom. The summed E-state index contributed by atoms with van der Waals surface area (Å²) in [5, 5.41) is 30.7. The highest BCUT2D eigenvalue weighted by Crippen LogP contribution is 2.41. The van der Waals surface area contributed by atoms with E-state index < -0.39 is 54.7 Å². The van der Waals surface area contributed by atoms with Gasteiger partial charge in [0, 0.05) is 61.3 Å². The zero-order valence-corrected chi connectivity index (χ0v) is 34.0. The summed E-state index contributed by atoms with van der Waals surface area (Å²) < 4.78 is 5.99. The molecule has 2 aromatic carbocycles. The van der Waals surface area contributed by atoms with Crippen LogP contribution in [0.4, 0.5) is 0 Å². The Bertz CT molecular complexity index is 2050. The van der Waals surface area contributed by atoms with Crippen molar-refractivity contribution in [3.05, 3.63) is 94.3 Å². The second-order valence-electron chi connectivity index (χ2n) is 13.9. The predicted molar refractivity (Wildman–Crippen MR) is 222 cm³/mol. The summed E-state index contributed by atoms with van der Waals surface area (Å²) in [5.41, 5.74) is 16.7. The topological polar surface area (TPSA) is 221 Å². The summed E-state index contributed by atoms with van der Waals surface area (Å²) in [7, 11) is 1.54. The van der Waals surface area contributed by atoms with Gasteiger partial charge in [0.2, 0.25) is 17.7 Å². The first-order chi connectivity index (χ1) is 27.5. The van der Waals surface area contributed by atoms with Crippen LogP contribution in [0, 0.1) is 0 Å². The fourth-order valence-corrected chi connectivity index (χ4v) is 8.23. The minimum absolute atomic E-state index is 0.00539. The molecule has 16 heteroatoms. The van der Waals surface area contributed by atoms with Crippen molar-refractivity contribution in [3.8, 4) is 0 Å². The van der Waals surface area contributed by atoms with Gasteiger partial charge in [-0.05, 0) is 79.3 Å². The van der Waals surface area contributed by atoms with Crippen molar-refractivity contribution >= 4 is 57.6 Å². The summed E-state index contributed by atoms with van der Waals surface area (Å²) in [4.78, 5) is 52.6. The fourth-order valence-electron chi connectivity index (χ4n) is 6.89. The van der Waals surface area contributed by atoms with E-state index in [1.165, 1.54) is 16.7 Å². The molecule has 1 aliphatic heterocycles. The molecule has 10 N–H and O–H groups in total. The van der Waals surface area contributed by atoms with E-state index in [1.807, 2.05) is 68.6 Å². The number of aliphatic hydroxyl groups excluding tert-OH is 2. The molecule has 5 rings (SSSR count). The number of rotatable bonds is 12. The summed E-state index contributed by atoms with van der Waals surface area (Å²) in [6.07, 6.45) is 4.93. The number of aliphatic hydroxyl groups is 2. The average molecular weight is 821 g/mol. The maximum atomic E-state index is 14.6. The molecule has 0 spiro atoms. The van der Waals surface area contributed by atoms with Gasteiger partial charge in [-0.25, -0.2) is 4.98 Å². The van der Waals surface area contributed by atoms with Crippen LogP contribution in [-0.2, 0) is 38.6 Å². The lowest BCUT2D eigenvalue weighted by Crippen LogP contribution is -2.59. The minimum atomic E-state index is -1.11. The van der Waals surface area contributed by atoms with Gasteiger partial charge in [0.15, 0.2) is 0 Å². The zero-order valence-electron chi connectivity index (χ0n) is 32.5. The quantitative estimate of drug-likeness (QED) is 0.104. The number of benzene rings is 2. The smallest absolute Gasteiger partial charge is 0.246 e. The molecule has 3 heterocycles. The Morgan fingerprint density at radius 1 is 1.11 bits per heavy atom. The van der Waals surface area contributed by atoms with E-state index in [1.54, 1.807) is 19.3 Å². The van der Waals surface area contributed by atoms with Gasteiger partial charge in [-0.1, -0.05) is 59.8 Å². The number of carbonyl (C=O) groups is 3. The second-order valence-corrected chi connectivity index (χ2v) is 15.3. The molecule has 3 amide bonds. The van der Waals surface area contributed by atoms with Crippen LogP contribution >= 0.6 is 23.4 Å². The van der Waals surface area contributed by atoms with Gasteiger partial charge in [-0.3, -0.25) is 14.4 Å². The third-order valence-corrected chi connectivity index (χ3v) is 11.8. The largest absolute Gasteiger partial charge is 0.394 e. The molecular weight excluding hydrogens is 768 g/mol. The number of hydrogen-bond acceptors (Lipinski definition) is 11. The van der Waals surface area contributed by atoms with Crippen LogP contribution in [0.25, 0.3) is 16.5 Å². The molecule has 57 heavy (non-hydrogen) atoms. The van der Waals surface area contributed by atoms with E-state index in [9.17, 15) is 24.6 Å². The van der Waals surface area contributed by atoms with Gasteiger partial charge in [0.1, 0.15) is 23.2 Å². The monoisotopic (exact) mass is 820 g/mol. The highest BCUT2D eigenvalue weighted by Gasteiger charge is 2.34. The summed E-state index contributed by atoms with van der Waals surface area (Å²) in [6.45, 7) is 3.61. The number of allylic oxidation sites excluding steroid dienone is 1. The molecule has 5 atom stereocenters. The number of para-hydroxylation sites is 1. The number of nitrogens with one attached hydrogen (secondary N) is 4. The van der Waals surface area contributed by atoms with E-state index in [2.05, 4.69) is 20.9 Å². The molecule has 0 saturated carbocycles. The maximum Gasteiger partial charge on any atom is 0.246 e. The van der Waals surface area contributed by atoms with Crippen molar-refractivity contribution in [2.75, 3.05) is 33.4 Å². The van der Waals surface area contributed by atoms with Crippen molar-refractivity contribution in [2.24, 2.45) is 11.5 Å². The molecular formula is C41H53ClN8O6S. The van der Waals surface area contributed by atoms with Gasteiger partial charge in [0.25, 0.3) is 0 Å². The third-order valence-electron chi connectivity index (χ3n) is 10.1. The molecule has 14 nitrogen and oxygen atoms in total. The van der Waals surface area contributed by atoms with Crippen molar-refractivity contribution in [2.45, 2.75) is 86.5 Å². The Kier molecular flexibility index (Phi) is 16.1. The normalized spacial score (nSPS) is 20.0. The first kappa shape index (κ1) is 43.8. The lowest BCUT2D eigenvalue weighted by Gasteiger charge is -2.31. The number of likely N-dealkylation sites (N-methyl/N-ethyl adjacent to an activating group) is 1. The van der Waals surface area contributed by atoms with E-state index in [4.69, 9.17) is 32.8 Å². The molecule has 0 fully saturated rings. The fraction of sp³-hybridized carbons (Fsp3) is 0.415. The van der Waals surface area contributed by atoms with Gasteiger partial charge in [-0.2, -0.15) is 0 Å². The molecule has 0 aliphatic carbocycles. The van der Waals surface area contributed by atoms with Crippen LogP contribution in [0.1, 0.15) is 48.9 Å². The number of hydrogen-bond donors (Lipinski definition) is 8. The summed E-state index contributed by atoms with van der Waals surface area (Å²) in [6, 6.07) is 12.2. The van der Waals surface area contributed by atoms with Gasteiger partial charge in [0.05, 0.1) is 30.4 Å². The third kappa shape index (κ3) is 10.8. The standard InChI is InChI=1S/C41H53ClN8O6S/c1-4-28(24(2)56-23-27(52)22-51)30-13-14-32(42)37-31(30)21-48-39(54)36(17-26-20-46-33-11-6-5-10-29(26)33)50(3)41(55)35(18-44)49-38(53)34(12-7-15-43)47-19-25-9-8-16-45-40(25)57-37/h4-6,8-11,13-14,16,20,24,27,34-36,46-47,51-52H,7,12,15,17-19,21-23,43-44H2,1-3H3,(H,48,54)(H,49,53)/b28-4+/t24-,27?,34-,35-,36-/m0/s1. The highest BCUT2D eigenvalue weighted by atomic mass is 35.5. The van der Waals surface area contributed by atoms with Gasteiger partial charge < -0.3 is 52.3 Å². The number of H-pyrrole nitrogens is 1. The number of pyridine rings is 1. The van der Waals surface area contributed by atoms with Crippen molar-refractivity contribution in [1.82, 2.24) is 30.8 Å². The van der Waals surface area contributed by atoms with Crippen LogP contribution in [0.2, 0.25) is 5.02 Å². The van der Waals surface area contributed by atoms with Crippen LogP contribution < -0.4 is 27.4 Å². The summed E-state index contributed by atoms with van der Waals surface area (Å²) in [5.74, 6) is -1.38. The number of aromatic nitrogens is 2. The van der Waals surface area contributed by atoms with E-state index >= 15 is 0 Å². The first-order valence-corrected chi connectivity index (χ1v) is 20.2. The maximum absolute atomic E-state index is 14.6. The number of amides is 3. The Balaban J connectivity index is 1.64. The molecule has 1 unspecified atom stereocenters. The van der Waals surface area contributed by atoms with Crippen molar-refractivity contribution in [1.29, 1.82) is 0 Å². The molecule has 1 aliphatic rings. The zero-order chi connectivity index (χ0) is 41.1. The minimum Gasteiger partial charge on any atom is -0.394 e. The highest BCUT2D eigenvalue weighted by molar-refractivity contribution is 7.99. The lowest BCUT2D eigenvalue weighted by molar-refractivity contribution is -0.141. The Labute approximate surface area is 342 Å². The predicted octanol–water partition coefficient (Wildman–Crippen LogP) is 2.87. The van der Waals surface area contributed by atoms with Crippen molar-refractivity contribution < 1.29 is 29.3 Å². The number of ether oxygens (including phenoxy) is 1. The van der Waals surface area contributed by atoms with E-state index in [0.717, 1.165) is 33.2 Å². The Hall–Kier alpha value is -4.32. The molecule has 306 valence electrons. The Morgan fingerprint density at radius 2 is 1.89 bits per heavy atom. The number of nitrogens with two attached hydrogens (primary N) is 2. The van der Waals surface area contributed by atoms with E-state index in [-0.39, 0.29) is 32.7 Å². The number of aromatic amines is 1. The number of fused-ring (bicyclic) bond motifs is 3. The average Bonchev–Trinajstić information content (AvgIpc) is 3.63. The molecule has 0 bridgehead atoms. The van der Waals surface area contributed by atoms with Gasteiger partial charge in [-0.15, -0.1) is 0 Å². The van der Waals surface area contributed by atoms with Crippen LogP contribution in [0.15, 0.2) is 76.9 Å².